The van der Waals surface area contributed by atoms with E-state index in [1.54, 1.807) is 7.11 Å². The van der Waals surface area contributed by atoms with Gasteiger partial charge in [-0.1, -0.05) is 22.9 Å². The number of anilines is 1. The number of ether oxygens (including phenoxy) is 1. The van der Waals surface area contributed by atoms with Crippen LogP contribution in [-0.4, -0.2) is 30.0 Å². The highest BCUT2D eigenvalue weighted by Crippen LogP contribution is 2.32. The number of aromatic nitrogens is 1. The summed E-state index contributed by atoms with van der Waals surface area (Å²) in [5.74, 6) is 2.70. The van der Waals surface area contributed by atoms with Gasteiger partial charge in [-0.2, -0.15) is 0 Å². The number of hydrogen-bond donors (Lipinski definition) is 0. The Bertz CT molecular complexity index is 616. The standard InChI is InChI=1S/C16H19BrN2O/c1-11-6-8-19(10-15(11)17)16-14-4-3-13(20-2)9-12(14)5-7-18-16/h3-5,7,9,11,15H,6,8,10H2,1-2H3. The fraction of sp³-hybridized carbons (Fsp3) is 0.438. The summed E-state index contributed by atoms with van der Waals surface area (Å²) in [6.45, 7) is 4.39. The maximum atomic E-state index is 5.30. The molecule has 20 heavy (non-hydrogen) atoms. The van der Waals surface area contributed by atoms with Gasteiger partial charge in [0, 0.05) is 29.5 Å². The number of piperidine rings is 1. The van der Waals surface area contributed by atoms with E-state index in [2.05, 4.69) is 44.9 Å². The van der Waals surface area contributed by atoms with E-state index < -0.39 is 0 Å². The second-order valence-corrected chi connectivity index (χ2v) is 6.63. The monoisotopic (exact) mass is 334 g/mol. The first kappa shape index (κ1) is 13.7. The maximum Gasteiger partial charge on any atom is 0.136 e. The minimum atomic E-state index is 0.534. The third-order valence-corrected chi connectivity index (χ3v) is 5.31. The fourth-order valence-corrected chi connectivity index (χ4v) is 3.35. The Hall–Kier alpha value is -1.29. The highest BCUT2D eigenvalue weighted by Gasteiger charge is 2.25. The average molecular weight is 335 g/mol. The molecular weight excluding hydrogens is 316 g/mol. The lowest BCUT2D eigenvalue weighted by molar-refractivity contribution is 0.415. The molecule has 1 saturated heterocycles. The smallest absolute Gasteiger partial charge is 0.136 e. The summed E-state index contributed by atoms with van der Waals surface area (Å²) >= 11 is 3.79. The quantitative estimate of drug-likeness (QED) is 0.780. The zero-order valence-electron chi connectivity index (χ0n) is 11.8. The van der Waals surface area contributed by atoms with E-state index >= 15 is 0 Å². The Morgan fingerprint density at radius 3 is 2.95 bits per heavy atom. The van der Waals surface area contributed by atoms with Gasteiger partial charge >= 0.3 is 0 Å². The summed E-state index contributed by atoms with van der Waals surface area (Å²) in [6.07, 6.45) is 3.09. The highest BCUT2D eigenvalue weighted by molar-refractivity contribution is 9.09. The molecule has 2 aromatic rings. The molecule has 0 bridgehead atoms. The summed E-state index contributed by atoms with van der Waals surface area (Å²) < 4.78 is 5.30. The zero-order chi connectivity index (χ0) is 14.1. The van der Waals surface area contributed by atoms with Gasteiger partial charge in [-0.15, -0.1) is 0 Å². The Balaban J connectivity index is 1.99. The van der Waals surface area contributed by atoms with Crippen LogP contribution in [0.1, 0.15) is 13.3 Å². The normalized spacial score (nSPS) is 23.1. The third-order valence-electron chi connectivity index (χ3n) is 4.12. The SMILES string of the molecule is COc1ccc2c(N3CCC(C)C(Br)C3)nccc2c1. The molecule has 0 aliphatic carbocycles. The Morgan fingerprint density at radius 1 is 1.35 bits per heavy atom. The number of alkyl halides is 1. The number of nitrogens with zero attached hydrogens (tertiary/aromatic N) is 2. The van der Waals surface area contributed by atoms with Crippen LogP contribution in [-0.2, 0) is 0 Å². The molecule has 0 spiro atoms. The van der Waals surface area contributed by atoms with E-state index in [-0.39, 0.29) is 0 Å². The van der Waals surface area contributed by atoms with Gasteiger partial charge in [-0.3, -0.25) is 0 Å². The van der Waals surface area contributed by atoms with Crippen LogP contribution in [0.3, 0.4) is 0 Å². The molecule has 0 amide bonds. The van der Waals surface area contributed by atoms with E-state index in [0.29, 0.717) is 4.83 Å². The van der Waals surface area contributed by atoms with Gasteiger partial charge in [-0.25, -0.2) is 4.98 Å². The van der Waals surface area contributed by atoms with Crippen molar-refractivity contribution < 1.29 is 4.74 Å². The molecule has 1 aliphatic rings. The highest BCUT2D eigenvalue weighted by atomic mass is 79.9. The molecule has 106 valence electrons. The lowest BCUT2D eigenvalue weighted by atomic mass is 9.98. The van der Waals surface area contributed by atoms with Gasteiger partial charge in [0.15, 0.2) is 0 Å². The summed E-state index contributed by atoms with van der Waals surface area (Å²) in [6, 6.07) is 8.22. The molecule has 2 atom stereocenters. The molecule has 1 aromatic carbocycles. The van der Waals surface area contributed by atoms with E-state index in [0.717, 1.165) is 30.6 Å². The minimum absolute atomic E-state index is 0.534. The van der Waals surface area contributed by atoms with Gasteiger partial charge in [-0.05, 0) is 42.0 Å². The number of methoxy groups -OCH3 is 1. The molecule has 0 N–H and O–H groups in total. The molecule has 1 aromatic heterocycles. The van der Waals surface area contributed by atoms with Gasteiger partial charge in [0.1, 0.15) is 11.6 Å². The van der Waals surface area contributed by atoms with E-state index in [1.165, 1.54) is 17.2 Å². The minimum Gasteiger partial charge on any atom is -0.497 e. The first-order chi connectivity index (χ1) is 9.69. The molecule has 0 saturated carbocycles. The predicted octanol–water partition coefficient (Wildman–Crippen LogP) is 3.85. The third kappa shape index (κ3) is 2.49. The van der Waals surface area contributed by atoms with Crippen molar-refractivity contribution in [2.75, 3.05) is 25.1 Å². The molecule has 3 rings (SSSR count). The Kier molecular flexibility index (Phi) is 3.83. The van der Waals surface area contributed by atoms with Crippen molar-refractivity contribution in [1.29, 1.82) is 0 Å². The van der Waals surface area contributed by atoms with Crippen molar-refractivity contribution in [3.05, 3.63) is 30.5 Å². The largest absolute Gasteiger partial charge is 0.497 e. The second-order valence-electron chi connectivity index (χ2n) is 5.45. The average Bonchev–Trinajstić information content (AvgIpc) is 2.49. The van der Waals surface area contributed by atoms with Crippen molar-refractivity contribution in [3.63, 3.8) is 0 Å². The fourth-order valence-electron chi connectivity index (χ4n) is 2.73. The molecule has 3 nitrogen and oxygen atoms in total. The maximum absolute atomic E-state index is 5.30. The number of halogens is 1. The molecule has 2 unspecified atom stereocenters. The lowest BCUT2D eigenvalue weighted by Gasteiger charge is -2.35. The van der Waals surface area contributed by atoms with Crippen molar-refractivity contribution in [2.24, 2.45) is 5.92 Å². The lowest BCUT2D eigenvalue weighted by Crippen LogP contribution is -2.40. The van der Waals surface area contributed by atoms with Crippen LogP contribution in [0.5, 0.6) is 5.75 Å². The van der Waals surface area contributed by atoms with Crippen LogP contribution in [0.15, 0.2) is 30.5 Å². The first-order valence-electron chi connectivity index (χ1n) is 7.01. The number of fused-ring (bicyclic) bond motifs is 1. The first-order valence-corrected chi connectivity index (χ1v) is 7.92. The van der Waals surface area contributed by atoms with Crippen molar-refractivity contribution in [1.82, 2.24) is 4.98 Å². The van der Waals surface area contributed by atoms with E-state index in [4.69, 9.17) is 4.74 Å². The Morgan fingerprint density at radius 2 is 2.20 bits per heavy atom. The van der Waals surface area contributed by atoms with Crippen LogP contribution < -0.4 is 9.64 Å². The van der Waals surface area contributed by atoms with Crippen molar-refractivity contribution in [2.45, 2.75) is 18.2 Å². The summed E-state index contributed by atoms with van der Waals surface area (Å²) in [7, 11) is 1.70. The molecule has 1 fully saturated rings. The summed E-state index contributed by atoms with van der Waals surface area (Å²) in [5, 5.41) is 2.38. The van der Waals surface area contributed by atoms with Crippen molar-refractivity contribution in [3.8, 4) is 5.75 Å². The van der Waals surface area contributed by atoms with Gasteiger partial charge < -0.3 is 9.64 Å². The number of pyridine rings is 1. The molecule has 4 heteroatoms. The van der Waals surface area contributed by atoms with Gasteiger partial charge in [0.2, 0.25) is 0 Å². The molecule has 1 aliphatic heterocycles. The number of hydrogen-bond acceptors (Lipinski definition) is 3. The van der Waals surface area contributed by atoms with Crippen LogP contribution in [0.2, 0.25) is 0 Å². The second kappa shape index (κ2) is 5.60. The van der Waals surface area contributed by atoms with Crippen molar-refractivity contribution >= 4 is 32.5 Å². The van der Waals surface area contributed by atoms with E-state index in [9.17, 15) is 0 Å². The van der Waals surface area contributed by atoms with Gasteiger partial charge in [0.25, 0.3) is 0 Å². The van der Waals surface area contributed by atoms with Crippen LogP contribution >= 0.6 is 15.9 Å². The molecule has 0 radical (unpaired) electrons. The van der Waals surface area contributed by atoms with E-state index in [1.807, 2.05) is 18.3 Å². The molecule has 2 heterocycles. The topological polar surface area (TPSA) is 25.4 Å². The van der Waals surface area contributed by atoms with Crippen LogP contribution in [0, 0.1) is 5.92 Å². The summed E-state index contributed by atoms with van der Waals surface area (Å²) in [4.78, 5) is 7.53. The predicted molar refractivity (Wildman–Crippen MR) is 87.0 cm³/mol. The van der Waals surface area contributed by atoms with Gasteiger partial charge in [0.05, 0.1) is 7.11 Å². The summed E-state index contributed by atoms with van der Waals surface area (Å²) in [5.41, 5.74) is 0. The Labute approximate surface area is 128 Å². The van der Waals surface area contributed by atoms with Crippen LogP contribution in [0.25, 0.3) is 10.8 Å². The number of benzene rings is 1. The zero-order valence-corrected chi connectivity index (χ0v) is 13.4. The van der Waals surface area contributed by atoms with Crippen LogP contribution in [0.4, 0.5) is 5.82 Å². The number of rotatable bonds is 2. The molecular formula is C16H19BrN2O.